The summed E-state index contributed by atoms with van der Waals surface area (Å²) in [6, 6.07) is 11.0. The minimum atomic E-state index is 0.271. The standard InChI is InChI=1S/C21H28N4O/c1-15-22-16(2)25(23-15)14-20-9-6-10-24(20)21(26)13-17-11-19(12-17)18-7-4-3-5-8-18/h3-5,7-8,17,19-20H,6,9-14H2,1-2H3. The van der Waals surface area contributed by atoms with Crippen molar-refractivity contribution in [2.75, 3.05) is 6.54 Å². The number of aromatic nitrogens is 3. The first-order valence-corrected chi connectivity index (χ1v) is 9.82. The highest BCUT2D eigenvalue weighted by Gasteiger charge is 2.35. The molecule has 0 spiro atoms. The van der Waals surface area contributed by atoms with Crippen molar-refractivity contribution >= 4 is 5.91 Å². The summed E-state index contributed by atoms with van der Waals surface area (Å²) in [7, 11) is 0. The third-order valence-electron chi connectivity index (χ3n) is 6.01. The molecule has 138 valence electrons. The van der Waals surface area contributed by atoms with Crippen molar-refractivity contribution in [3.8, 4) is 0 Å². The van der Waals surface area contributed by atoms with Gasteiger partial charge in [0.25, 0.3) is 0 Å². The lowest BCUT2D eigenvalue weighted by Crippen LogP contribution is -2.40. The maximum Gasteiger partial charge on any atom is 0.223 e. The Kier molecular flexibility index (Phi) is 4.79. The third kappa shape index (κ3) is 3.53. The Hall–Kier alpha value is -2.17. The first kappa shape index (κ1) is 17.3. The fraction of sp³-hybridized carbons (Fsp3) is 0.571. The van der Waals surface area contributed by atoms with Crippen LogP contribution in [0.25, 0.3) is 0 Å². The van der Waals surface area contributed by atoms with E-state index in [0.29, 0.717) is 24.2 Å². The first-order valence-electron chi connectivity index (χ1n) is 9.82. The van der Waals surface area contributed by atoms with Gasteiger partial charge in [-0.2, -0.15) is 5.10 Å². The van der Waals surface area contributed by atoms with Crippen molar-refractivity contribution in [3.05, 3.63) is 47.5 Å². The number of rotatable bonds is 5. The Morgan fingerprint density at radius 3 is 2.65 bits per heavy atom. The third-order valence-corrected chi connectivity index (χ3v) is 6.01. The van der Waals surface area contributed by atoms with Crippen molar-refractivity contribution in [2.24, 2.45) is 5.92 Å². The fourth-order valence-corrected chi connectivity index (χ4v) is 4.55. The van der Waals surface area contributed by atoms with E-state index in [1.807, 2.05) is 18.5 Å². The van der Waals surface area contributed by atoms with Gasteiger partial charge in [0.1, 0.15) is 11.6 Å². The summed E-state index contributed by atoms with van der Waals surface area (Å²) in [6.45, 7) is 5.57. The van der Waals surface area contributed by atoms with Gasteiger partial charge in [-0.15, -0.1) is 0 Å². The summed E-state index contributed by atoms with van der Waals surface area (Å²) < 4.78 is 1.96. The predicted octanol–water partition coefficient (Wildman–Crippen LogP) is 3.47. The number of likely N-dealkylation sites (tertiary alicyclic amines) is 1. The summed E-state index contributed by atoms with van der Waals surface area (Å²) in [6.07, 6.45) is 5.17. The van der Waals surface area contributed by atoms with Gasteiger partial charge in [-0.1, -0.05) is 30.3 Å². The number of hydrogen-bond acceptors (Lipinski definition) is 3. The Labute approximate surface area is 155 Å². The van der Waals surface area contributed by atoms with Gasteiger partial charge in [0.05, 0.1) is 12.6 Å². The molecule has 2 aromatic rings. The minimum absolute atomic E-state index is 0.271. The molecule has 0 radical (unpaired) electrons. The topological polar surface area (TPSA) is 51.0 Å². The van der Waals surface area contributed by atoms with Crippen LogP contribution in [0.4, 0.5) is 0 Å². The molecule has 2 aliphatic rings. The van der Waals surface area contributed by atoms with E-state index in [2.05, 4.69) is 45.3 Å². The van der Waals surface area contributed by atoms with Crippen LogP contribution in [0, 0.1) is 19.8 Å². The molecule has 1 amide bonds. The second kappa shape index (κ2) is 7.22. The lowest BCUT2D eigenvalue weighted by Gasteiger charge is -2.37. The number of hydrogen-bond donors (Lipinski definition) is 0. The van der Waals surface area contributed by atoms with Gasteiger partial charge in [0.2, 0.25) is 5.91 Å². The zero-order valence-electron chi connectivity index (χ0n) is 15.8. The van der Waals surface area contributed by atoms with Gasteiger partial charge >= 0.3 is 0 Å². The van der Waals surface area contributed by atoms with Crippen LogP contribution in [-0.2, 0) is 11.3 Å². The lowest BCUT2D eigenvalue weighted by molar-refractivity contribution is -0.134. The molecule has 1 aromatic carbocycles. The Morgan fingerprint density at radius 2 is 1.96 bits per heavy atom. The van der Waals surface area contributed by atoms with Crippen LogP contribution in [0.15, 0.2) is 30.3 Å². The highest BCUT2D eigenvalue weighted by Crippen LogP contribution is 2.43. The van der Waals surface area contributed by atoms with E-state index in [4.69, 9.17) is 0 Å². The maximum atomic E-state index is 12.9. The molecule has 2 fully saturated rings. The number of benzene rings is 1. The average molecular weight is 352 g/mol. The molecule has 2 heterocycles. The monoisotopic (exact) mass is 352 g/mol. The molecule has 1 aromatic heterocycles. The first-order chi connectivity index (χ1) is 12.6. The molecule has 1 atom stereocenters. The number of aryl methyl sites for hydroxylation is 2. The van der Waals surface area contributed by atoms with E-state index in [9.17, 15) is 4.79 Å². The fourth-order valence-electron chi connectivity index (χ4n) is 4.55. The Morgan fingerprint density at radius 1 is 1.19 bits per heavy atom. The summed E-state index contributed by atoms with van der Waals surface area (Å²) in [5.74, 6) is 3.26. The normalized spacial score (nSPS) is 25.3. The summed E-state index contributed by atoms with van der Waals surface area (Å²) in [4.78, 5) is 19.3. The lowest BCUT2D eigenvalue weighted by atomic mass is 9.70. The van der Waals surface area contributed by atoms with Crippen LogP contribution < -0.4 is 0 Å². The maximum absolute atomic E-state index is 12.9. The van der Waals surface area contributed by atoms with Crippen molar-refractivity contribution in [2.45, 2.75) is 64.5 Å². The molecule has 5 heteroatoms. The van der Waals surface area contributed by atoms with Gasteiger partial charge in [-0.25, -0.2) is 9.67 Å². The summed E-state index contributed by atoms with van der Waals surface area (Å²) in [5.41, 5.74) is 1.42. The largest absolute Gasteiger partial charge is 0.338 e. The summed E-state index contributed by atoms with van der Waals surface area (Å²) in [5, 5.41) is 4.47. The molecule has 1 unspecified atom stereocenters. The van der Waals surface area contributed by atoms with Crippen molar-refractivity contribution in [1.82, 2.24) is 19.7 Å². The quantitative estimate of drug-likeness (QED) is 0.828. The molecular formula is C21H28N4O. The minimum Gasteiger partial charge on any atom is -0.338 e. The molecule has 1 aliphatic carbocycles. The van der Waals surface area contributed by atoms with Gasteiger partial charge in [-0.3, -0.25) is 4.79 Å². The molecule has 1 saturated carbocycles. The predicted molar refractivity (Wildman–Crippen MR) is 101 cm³/mol. The molecule has 26 heavy (non-hydrogen) atoms. The van der Waals surface area contributed by atoms with E-state index in [0.717, 1.165) is 50.4 Å². The number of nitrogens with zero attached hydrogens (tertiary/aromatic N) is 4. The SMILES string of the molecule is Cc1nc(C)n(CC2CCCN2C(=O)CC2CC(c3ccccc3)C2)n1. The molecule has 1 aliphatic heterocycles. The van der Waals surface area contributed by atoms with Crippen LogP contribution in [0.1, 0.15) is 55.2 Å². The molecule has 0 bridgehead atoms. The average Bonchev–Trinajstić information content (AvgIpc) is 3.18. The highest BCUT2D eigenvalue weighted by molar-refractivity contribution is 5.77. The van der Waals surface area contributed by atoms with Crippen molar-refractivity contribution in [1.29, 1.82) is 0 Å². The zero-order valence-corrected chi connectivity index (χ0v) is 15.8. The van der Waals surface area contributed by atoms with Crippen LogP contribution in [-0.4, -0.2) is 38.2 Å². The number of amides is 1. The smallest absolute Gasteiger partial charge is 0.223 e. The van der Waals surface area contributed by atoms with Crippen LogP contribution in [0.5, 0.6) is 0 Å². The molecule has 0 N–H and O–H groups in total. The van der Waals surface area contributed by atoms with Gasteiger partial charge in [0, 0.05) is 13.0 Å². The second-order valence-electron chi connectivity index (χ2n) is 7.92. The Balaban J connectivity index is 1.31. The molecule has 4 rings (SSSR count). The van der Waals surface area contributed by atoms with Crippen molar-refractivity contribution in [3.63, 3.8) is 0 Å². The van der Waals surface area contributed by atoms with Crippen LogP contribution in [0.3, 0.4) is 0 Å². The van der Waals surface area contributed by atoms with Crippen LogP contribution >= 0.6 is 0 Å². The molecule has 1 saturated heterocycles. The number of carbonyl (C=O) groups is 1. The van der Waals surface area contributed by atoms with Crippen molar-refractivity contribution < 1.29 is 4.79 Å². The molecule has 5 nitrogen and oxygen atoms in total. The van der Waals surface area contributed by atoms with E-state index in [1.165, 1.54) is 5.56 Å². The van der Waals surface area contributed by atoms with Gasteiger partial charge in [-0.05, 0) is 56.9 Å². The van der Waals surface area contributed by atoms with Crippen LogP contribution in [0.2, 0.25) is 0 Å². The van der Waals surface area contributed by atoms with E-state index < -0.39 is 0 Å². The van der Waals surface area contributed by atoms with Gasteiger partial charge in [0.15, 0.2) is 0 Å². The zero-order chi connectivity index (χ0) is 18.1. The molecular weight excluding hydrogens is 324 g/mol. The second-order valence-corrected chi connectivity index (χ2v) is 7.92. The Bertz CT molecular complexity index is 764. The van der Waals surface area contributed by atoms with E-state index in [-0.39, 0.29) is 6.04 Å². The van der Waals surface area contributed by atoms with Gasteiger partial charge < -0.3 is 4.90 Å². The van der Waals surface area contributed by atoms with E-state index >= 15 is 0 Å². The summed E-state index contributed by atoms with van der Waals surface area (Å²) >= 11 is 0. The number of carbonyl (C=O) groups excluding carboxylic acids is 1. The van der Waals surface area contributed by atoms with E-state index in [1.54, 1.807) is 0 Å². The highest BCUT2D eigenvalue weighted by atomic mass is 16.2.